The molecule has 1 aliphatic heterocycles. The number of nitrogens with zero attached hydrogens (tertiary/aromatic N) is 1. The van der Waals surface area contributed by atoms with Gasteiger partial charge < -0.3 is 5.32 Å². The van der Waals surface area contributed by atoms with Crippen LogP contribution in [0.4, 0.5) is 4.79 Å². The van der Waals surface area contributed by atoms with Gasteiger partial charge in [0.25, 0.3) is 5.91 Å². The quantitative estimate of drug-likeness (QED) is 0.624. The van der Waals surface area contributed by atoms with Gasteiger partial charge in [0, 0.05) is 5.54 Å². The number of alkyl halides is 1. The topological polar surface area (TPSA) is 49.4 Å². The number of imide groups is 1. The number of amides is 3. The molecule has 0 bridgehead atoms. The van der Waals surface area contributed by atoms with Gasteiger partial charge in [-0.2, -0.15) is 0 Å². The van der Waals surface area contributed by atoms with Crippen molar-refractivity contribution < 1.29 is 9.59 Å². The van der Waals surface area contributed by atoms with Gasteiger partial charge in [-0.1, -0.05) is 0 Å². The third-order valence-corrected chi connectivity index (χ3v) is 2.68. The first kappa shape index (κ1) is 11.3. The van der Waals surface area contributed by atoms with Gasteiger partial charge in [0.1, 0.15) is 5.38 Å². The lowest BCUT2D eigenvalue weighted by molar-refractivity contribution is -0.133. The van der Waals surface area contributed by atoms with Crippen LogP contribution in [0.2, 0.25) is 0 Å². The average Bonchev–Trinajstić information content (AvgIpc) is 1.97. The van der Waals surface area contributed by atoms with Crippen LogP contribution in [-0.2, 0) is 4.79 Å². The largest absolute Gasteiger partial charge is 0.333 e. The maximum absolute atomic E-state index is 11.7. The fraction of sp³-hybridized carbons (Fsp3) is 0.778. The van der Waals surface area contributed by atoms with Crippen LogP contribution in [0.3, 0.4) is 0 Å². The second kappa shape index (κ2) is 3.42. The van der Waals surface area contributed by atoms with Gasteiger partial charge in [-0.25, -0.2) is 4.79 Å². The lowest BCUT2D eigenvalue weighted by Gasteiger charge is -2.40. The van der Waals surface area contributed by atoms with Crippen molar-refractivity contribution in [2.45, 2.75) is 44.7 Å². The molecule has 0 aromatic heterocycles. The predicted octanol–water partition coefficient (Wildman–Crippen LogP) is 1.33. The molecule has 0 saturated carbocycles. The zero-order valence-corrected chi connectivity index (χ0v) is 9.55. The lowest BCUT2D eigenvalue weighted by atomic mass is 10.0. The third kappa shape index (κ3) is 1.85. The standard InChI is InChI=1S/C9H15ClN2O2/c1-5-6(10)7(13)12(8(14)11-5)9(2,3)4/h5-6H,1-4H3,(H,11,14)/t5-,6+/m1/s1. The second-order valence-corrected chi connectivity index (χ2v) is 4.95. The lowest BCUT2D eigenvalue weighted by Crippen LogP contribution is -2.64. The first-order valence-corrected chi connectivity index (χ1v) is 4.97. The fourth-order valence-corrected chi connectivity index (χ4v) is 1.57. The van der Waals surface area contributed by atoms with Crippen molar-refractivity contribution in [1.82, 2.24) is 10.2 Å². The Morgan fingerprint density at radius 1 is 1.36 bits per heavy atom. The van der Waals surface area contributed by atoms with Crippen LogP contribution in [-0.4, -0.2) is 33.8 Å². The van der Waals surface area contributed by atoms with Crippen LogP contribution in [0.25, 0.3) is 0 Å². The Bertz CT molecular complexity index is 272. The first-order chi connectivity index (χ1) is 6.25. The molecule has 14 heavy (non-hydrogen) atoms. The molecule has 1 aliphatic rings. The molecule has 3 amide bonds. The molecule has 1 saturated heterocycles. The summed E-state index contributed by atoms with van der Waals surface area (Å²) < 4.78 is 0. The molecule has 0 radical (unpaired) electrons. The van der Waals surface area contributed by atoms with Gasteiger partial charge in [0.05, 0.1) is 6.04 Å². The minimum absolute atomic E-state index is 0.310. The van der Waals surface area contributed by atoms with Gasteiger partial charge >= 0.3 is 6.03 Å². The molecule has 0 aliphatic carbocycles. The van der Waals surface area contributed by atoms with E-state index in [1.165, 1.54) is 4.90 Å². The number of hydrogen-bond donors (Lipinski definition) is 1. The van der Waals surface area contributed by atoms with E-state index in [0.717, 1.165) is 0 Å². The Morgan fingerprint density at radius 3 is 2.29 bits per heavy atom. The SMILES string of the molecule is C[C@H]1NC(=O)N(C(C)(C)C)C(=O)[C@H]1Cl. The first-order valence-electron chi connectivity index (χ1n) is 4.54. The van der Waals surface area contributed by atoms with E-state index >= 15 is 0 Å². The Labute approximate surface area is 88.6 Å². The maximum Gasteiger partial charge on any atom is 0.324 e. The fourth-order valence-electron chi connectivity index (χ4n) is 1.40. The molecule has 5 heteroatoms. The summed E-state index contributed by atoms with van der Waals surface area (Å²) >= 11 is 5.88. The number of halogens is 1. The Kier molecular flexibility index (Phi) is 2.76. The molecular weight excluding hydrogens is 204 g/mol. The normalized spacial score (nSPS) is 29.1. The molecule has 4 nitrogen and oxygen atoms in total. The second-order valence-electron chi connectivity index (χ2n) is 4.48. The van der Waals surface area contributed by atoms with E-state index < -0.39 is 10.9 Å². The van der Waals surface area contributed by atoms with Crippen LogP contribution in [0.1, 0.15) is 27.7 Å². The Morgan fingerprint density at radius 2 is 1.86 bits per heavy atom. The molecule has 80 valence electrons. The van der Waals surface area contributed by atoms with Crippen LogP contribution in [0, 0.1) is 0 Å². The van der Waals surface area contributed by atoms with Crippen LogP contribution in [0.5, 0.6) is 0 Å². The maximum atomic E-state index is 11.7. The highest BCUT2D eigenvalue weighted by Crippen LogP contribution is 2.22. The van der Waals surface area contributed by atoms with Gasteiger partial charge in [0.15, 0.2) is 0 Å². The van der Waals surface area contributed by atoms with E-state index in [1.54, 1.807) is 27.7 Å². The number of carbonyl (C=O) groups is 2. The summed E-state index contributed by atoms with van der Waals surface area (Å²) in [6, 6.07) is -0.679. The van der Waals surface area contributed by atoms with Crippen molar-refractivity contribution in [3.8, 4) is 0 Å². The van der Waals surface area contributed by atoms with E-state index in [2.05, 4.69) is 5.32 Å². The van der Waals surface area contributed by atoms with E-state index in [-0.39, 0.29) is 18.0 Å². The summed E-state index contributed by atoms with van der Waals surface area (Å²) in [7, 11) is 0. The minimum atomic E-state index is -0.674. The van der Waals surface area contributed by atoms with Gasteiger partial charge in [0.2, 0.25) is 0 Å². The summed E-state index contributed by atoms with van der Waals surface area (Å²) in [5.74, 6) is -0.324. The highest BCUT2D eigenvalue weighted by atomic mass is 35.5. The van der Waals surface area contributed by atoms with Crippen molar-refractivity contribution in [3.05, 3.63) is 0 Å². The smallest absolute Gasteiger partial charge is 0.324 e. The van der Waals surface area contributed by atoms with Crippen LogP contribution >= 0.6 is 11.6 Å². The summed E-state index contributed by atoms with van der Waals surface area (Å²) in [5.41, 5.74) is -0.533. The van der Waals surface area contributed by atoms with Gasteiger partial charge in [-0.15, -0.1) is 11.6 Å². The Balaban J connectivity index is 2.97. The van der Waals surface area contributed by atoms with Gasteiger partial charge in [-0.05, 0) is 27.7 Å². The molecule has 1 rings (SSSR count). The molecule has 1 heterocycles. The number of urea groups is 1. The number of nitrogens with one attached hydrogen (secondary N) is 1. The van der Waals surface area contributed by atoms with Crippen LogP contribution in [0.15, 0.2) is 0 Å². The molecule has 2 atom stereocenters. The summed E-state index contributed by atoms with van der Waals surface area (Å²) in [6.07, 6.45) is 0. The molecular formula is C9H15ClN2O2. The van der Waals surface area contributed by atoms with E-state index in [1.807, 2.05) is 0 Å². The molecule has 1 fully saturated rings. The summed E-state index contributed by atoms with van der Waals surface area (Å²) in [6.45, 7) is 7.10. The zero-order chi connectivity index (χ0) is 11.1. The van der Waals surface area contributed by atoms with Crippen molar-refractivity contribution in [2.75, 3.05) is 0 Å². The number of rotatable bonds is 0. The molecule has 0 spiro atoms. The van der Waals surface area contributed by atoms with Crippen molar-refractivity contribution in [1.29, 1.82) is 0 Å². The predicted molar refractivity (Wildman–Crippen MR) is 54.2 cm³/mol. The highest BCUT2D eigenvalue weighted by Gasteiger charge is 2.42. The summed E-state index contributed by atoms with van der Waals surface area (Å²) in [5, 5.41) is 1.98. The number of hydrogen-bond acceptors (Lipinski definition) is 2. The Hall–Kier alpha value is -0.770. The highest BCUT2D eigenvalue weighted by molar-refractivity contribution is 6.33. The third-order valence-electron chi connectivity index (χ3n) is 2.12. The average molecular weight is 219 g/mol. The summed E-state index contributed by atoms with van der Waals surface area (Å²) in [4.78, 5) is 24.4. The van der Waals surface area contributed by atoms with Crippen molar-refractivity contribution in [2.24, 2.45) is 0 Å². The van der Waals surface area contributed by atoms with Gasteiger partial charge in [-0.3, -0.25) is 9.69 Å². The molecule has 0 aromatic rings. The van der Waals surface area contributed by atoms with Crippen molar-refractivity contribution >= 4 is 23.5 Å². The van der Waals surface area contributed by atoms with E-state index in [9.17, 15) is 9.59 Å². The van der Waals surface area contributed by atoms with E-state index in [0.29, 0.717) is 0 Å². The molecule has 0 aromatic carbocycles. The zero-order valence-electron chi connectivity index (χ0n) is 8.80. The monoisotopic (exact) mass is 218 g/mol. The van der Waals surface area contributed by atoms with Crippen molar-refractivity contribution in [3.63, 3.8) is 0 Å². The number of carbonyl (C=O) groups excluding carboxylic acids is 2. The van der Waals surface area contributed by atoms with Crippen LogP contribution < -0.4 is 5.32 Å². The van der Waals surface area contributed by atoms with E-state index in [4.69, 9.17) is 11.6 Å². The molecule has 1 N–H and O–H groups in total. The molecule has 0 unspecified atom stereocenters. The minimum Gasteiger partial charge on any atom is -0.333 e.